The van der Waals surface area contributed by atoms with E-state index in [1.54, 1.807) is 26.0 Å². The first-order chi connectivity index (χ1) is 17.5. The van der Waals surface area contributed by atoms with Crippen molar-refractivity contribution in [2.24, 2.45) is 17.4 Å². The molecule has 0 aliphatic rings. The molecular formula is C25H41N5O6S. The minimum absolute atomic E-state index is 0.0571. The van der Waals surface area contributed by atoms with E-state index in [-0.39, 0.29) is 24.5 Å². The fourth-order valence-electron chi connectivity index (χ4n) is 3.54. The summed E-state index contributed by atoms with van der Waals surface area (Å²) in [5.41, 5.74) is 12.2. The van der Waals surface area contributed by atoms with Gasteiger partial charge in [-0.1, -0.05) is 32.4 Å². The van der Waals surface area contributed by atoms with Crippen LogP contribution in [0.4, 0.5) is 0 Å². The molecule has 1 rings (SSSR count). The standard InChI is InChI=1S/C25H41N5O6S/c1-15(2)21(24(34)28-19(25(35)36)11-13-37-3)30-23(33)20(14-16-7-9-17(31)10-8-16)29-22(32)18(27)6-4-5-12-26/h7-10,15,18-21,31H,4-6,11-14,26-27H2,1-3H3,(H,28,34)(H,29,32)(H,30,33)(H,35,36). The number of carboxylic acid groups (broad SMARTS) is 1. The molecule has 0 heterocycles. The summed E-state index contributed by atoms with van der Waals surface area (Å²) in [5, 5.41) is 26.9. The second-order valence-electron chi connectivity index (χ2n) is 9.23. The Kier molecular flexibility index (Phi) is 14.6. The second kappa shape index (κ2) is 16.8. The number of nitrogens with two attached hydrogens (primary N) is 2. The molecule has 0 aliphatic heterocycles. The van der Waals surface area contributed by atoms with E-state index in [1.807, 2.05) is 6.26 Å². The number of unbranched alkanes of at least 4 members (excludes halogenated alkanes) is 1. The largest absolute Gasteiger partial charge is 0.508 e. The SMILES string of the molecule is CSCCC(NC(=O)C(NC(=O)C(Cc1ccc(O)cc1)NC(=O)C(N)CCCCN)C(C)C)C(=O)O. The third-order valence-corrected chi connectivity index (χ3v) is 6.43. The van der Waals surface area contributed by atoms with Gasteiger partial charge in [0.1, 0.15) is 23.9 Å². The first-order valence-electron chi connectivity index (χ1n) is 12.4. The van der Waals surface area contributed by atoms with E-state index in [4.69, 9.17) is 11.5 Å². The number of nitrogens with one attached hydrogen (secondary N) is 3. The number of hydrogen-bond acceptors (Lipinski definition) is 8. The van der Waals surface area contributed by atoms with Crippen LogP contribution in [0.5, 0.6) is 5.75 Å². The molecule has 0 radical (unpaired) electrons. The molecule has 1 aromatic rings. The molecule has 0 bridgehead atoms. The Hall–Kier alpha value is -2.83. The molecule has 4 unspecified atom stereocenters. The van der Waals surface area contributed by atoms with Crippen molar-refractivity contribution < 1.29 is 29.4 Å². The number of phenolic OH excluding ortho intramolecular Hbond substituents is 1. The van der Waals surface area contributed by atoms with Crippen LogP contribution in [0.1, 0.15) is 45.1 Å². The van der Waals surface area contributed by atoms with Crippen LogP contribution in [0.25, 0.3) is 0 Å². The highest BCUT2D eigenvalue weighted by molar-refractivity contribution is 7.98. The summed E-state index contributed by atoms with van der Waals surface area (Å²) in [6.45, 7) is 3.94. The van der Waals surface area contributed by atoms with Gasteiger partial charge in [0.25, 0.3) is 0 Å². The maximum Gasteiger partial charge on any atom is 0.326 e. The molecule has 11 nitrogen and oxygen atoms in total. The second-order valence-corrected chi connectivity index (χ2v) is 10.2. The van der Waals surface area contributed by atoms with Crippen molar-refractivity contribution in [3.8, 4) is 5.75 Å². The van der Waals surface area contributed by atoms with Crippen LogP contribution in [-0.4, -0.2) is 76.6 Å². The van der Waals surface area contributed by atoms with Gasteiger partial charge < -0.3 is 37.6 Å². The molecule has 0 spiro atoms. The summed E-state index contributed by atoms with van der Waals surface area (Å²) in [5.74, 6) is -2.65. The Bertz CT molecular complexity index is 883. The van der Waals surface area contributed by atoms with E-state index in [2.05, 4.69) is 16.0 Å². The Labute approximate surface area is 222 Å². The molecule has 0 aromatic heterocycles. The zero-order chi connectivity index (χ0) is 28.0. The van der Waals surface area contributed by atoms with Crippen molar-refractivity contribution in [2.75, 3.05) is 18.6 Å². The molecule has 0 saturated heterocycles. The van der Waals surface area contributed by atoms with Crippen molar-refractivity contribution in [3.05, 3.63) is 29.8 Å². The number of phenols is 1. The maximum absolute atomic E-state index is 13.3. The highest BCUT2D eigenvalue weighted by Crippen LogP contribution is 2.13. The quantitative estimate of drug-likeness (QED) is 0.136. The van der Waals surface area contributed by atoms with Gasteiger partial charge >= 0.3 is 5.97 Å². The molecule has 37 heavy (non-hydrogen) atoms. The van der Waals surface area contributed by atoms with E-state index in [0.29, 0.717) is 30.7 Å². The fraction of sp³-hybridized carbons (Fsp3) is 0.600. The number of carbonyl (C=O) groups is 4. The van der Waals surface area contributed by atoms with Gasteiger partial charge in [-0.15, -0.1) is 0 Å². The van der Waals surface area contributed by atoms with E-state index in [1.165, 1.54) is 23.9 Å². The van der Waals surface area contributed by atoms with Gasteiger partial charge in [-0.3, -0.25) is 14.4 Å². The van der Waals surface area contributed by atoms with Crippen LogP contribution in [0, 0.1) is 5.92 Å². The molecule has 0 fully saturated rings. The highest BCUT2D eigenvalue weighted by atomic mass is 32.2. The van der Waals surface area contributed by atoms with Crippen LogP contribution >= 0.6 is 11.8 Å². The van der Waals surface area contributed by atoms with Gasteiger partial charge in [0, 0.05) is 6.42 Å². The summed E-state index contributed by atoms with van der Waals surface area (Å²) in [6.07, 6.45) is 3.95. The number of thioether (sulfide) groups is 1. The van der Waals surface area contributed by atoms with Crippen molar-refractivity contribution in [1.82, 2.24) is 16.0 Å². The van der Waals surface area contributed by atoms with Gasteiger partial charge in [0.15, 0.2) is 0 Å². The molecular weight excluding hydrogens is 498 g/mol. The Morgan fingerprint density at radius 3 is 2.08 bits per heavy atom. The number of benzene rings is 1. The Morgan fingerprint density at radius 1 is 0.919 bits per heavy atom. The molecule has 0 saturated carbocycles. The van der Waals surface area contributed by atoms with E-state index in [9.17, 15) is 29.4 Å². The fourth-order valence-corrected chi connectivity index (χ4v) is 4.01. The number of aliphatic carboxylic acids is 1. The number of carbonyl (C=O) groups excluding carboxylic acids is 3. The van der Waals surface area contributed by atoms with E-state index in [0.717, 1.165) is 6.42 Å². The Morgan fingerprint density at radius 2 is 1.54 bits per heavy atom. The maximum atomic E-state index is 13.3. The number of aromatic hydroxyl groups is 1. The lowest BCUT2D eigenvalue weighted by Crippen LogP contribution is -2.59. The van der Waals surface area contributed by atoms with Gasteiger partial charge in [-0.2, -0.15) is 11.8 Å². The lowest BCUT2D eigenvalue weighted by Gasteiger charge is -2.27. The molecule has 9 N–H and O–H groups in total. The van der Waals surface area contributed by atoms with Crippen molar-refractivity contribution in [2.45, 2.75) is 70.1 Å². The predicted molar refractivity (Wildman–Crippen MR) is 144 cm³/mol. The van der Waals surface area contributed by atoms with Crippen LogP contribution in [0.15, 0.2) is 24.3 Å². The minimum Gasteiger partial charge on any atom is -0.508 e. The molecule has 0 aliphatic carbocycles. The molecule has 208 valence electrons. The van der Waals surface area contributed by atoms with E-state index < -0.39 is 47.9 Å². The van der Waals surface area contributed by atoms with Gasteiger partial charge in [0.2, 0.25) is 17.7 Å². The number of rotatable bonds is 17. The molecule has 1 aromatic carbocycles. The smallest absolute Gasteiger partial charge is 0.326 e. The van der Waals surface area contributed by atoms with E-state index >= 15 is 0 Å². The van der Waals surface area contributed by atoms with Gasteiger partial charge in [-0.25, -0.2) is 4.79 Å². The van der Waals surface area contributed by atoms with Crippen LogP contribution in [-0.2, 0) is 25.6 Å². The first kappa shape index (κ1) is 32.2. The third-order valence-electron chi connectivity index (χ3n) is 5.79. The van der Waals surface area contributed by atoms with Crippen LogP contribution in [0.3, 0.4) is 0 Å². The number of carboxylic acids is 1. The predicted octanol–water partition coefficient (Wildman–Crippen LogP) is 0.339. The lowest BCUT2D eigenvalue weighted by atomic mass is 10.00. The highest BCUT2D eigenvalue weighted by Gasteiger charge is 2.32. The van der Waals surface area contributed by atoms with Crippen LogP contribution < -0.4 is 27.4 Å². The summed E-state index contributed by atoms with van der Waals surface area (Å²) in [4.78, 5) is 50.6. The van der Waals surface area contributed by atoms with Crippen molar-refractivity contribution in [3.63, 3.8) is 0 Å². The Balaban J connectivity index is 3.04. The topological polar surface area (TPSA) is 197 Å². The normalized spacial score (nSPS) is 14.3. The third kappa shape index (κ3) is 11.8. The molecule has 4 atom stereocenters. The van der Waals surface area contributed by atoms with Crippen molar-refractivity contribution >= 4 is 35.5 Å². The lowest BCUT2D eigenvalue weighted by molar-refractivity contribution is -0.142. The number of hydrogen-bond donors (Lipinski definition) is 7. The summed E-state index contributed by atoms with van der Waals surface area (Å²) < 4.78 is 0. The van der Waals surface area contributed by atoms with Gasteiger partial charge in [-0.05, 0) is 61.4 Å². The summed E-state index contributed by atoms with van der Waals surface area (Å²) >= 11 is 1.46. The summed E-state index contributed by atoms with van der Waals surface area (Å²) in [6, 6.07) is 2.18. The summed E-state index contributed by atoms with van der Waals surface area (Å²) in [7, 11) is 0. The zero-order valence-corrected chi connectivity index (χ0v) is 22.6. The molecule has 12 heteroatoms. The van der Waals surface area contributed by atoms with Gasteiger partial charge in [0.05, 0.1) is 6.04 Å². The van der Waals surface area contributed by atoms with Crippen LogP contribution in [0.2, 0.25) is 0 Å². The minimum atomic E-state index is -1.16. The number of amides is 3. The van der Waals surface area contributed by atoms with Crippen molar-refractivity contribution in [1.29, 1.82) is 0 Å². The average Bonchev–Trinajstić information content (AvgIpc) is 2.85. The first-order valence-corrected chi connectivity index (χ1v) is 13.8. The average molecular weight is 540 g/mol. The molecule has 3 amide bonds. The zero-order valence-electron chi connectivity index (χ0n) is 21.7. The monoisotopic (exact) mass is 539 g/mol.